The monoisotopic (exact) mass is 554 g/mol. The van der Waals surface area contributed by atoms with E-state index in [1.54, 1.807) is 12.1 Å². The Balaban J connectivity index is 1.28. The molecule has 1 amide bonds. The number of nitrogens with one attached hydrogen (secondary N) is 1. The summed E-state index contributed by atoms with van der Waals surface area (Å²) in [5, 5.41) is 6.15. The molecule has 1 aliphatic rings. The van der Waals surface area contributed by atoms with Crippen LogP contribution in [-0.2, 0) is 24.0 Å². The first kappa shape index (κ1) is 27.4. The number of pyridine rings is 1. The van der Waals surface area contributed by atoms with E-state index < -0.39 is 22.4 Å². The van der Waals surface area contributed by atoms with E-state index in [4.69, 9.17) is 25.6 Å². The van der Waals surface area contributed by atoms with E-state index in [1.807, 2.05) is 19.9 Å². The van der Waals surface area contributed by atoms with E-state index in [9.17, 15) is 22.4 Å². The number of amides is 1. The van der Waals surface area contributed by atoms with Crippen molar-refractivity contribution in [1.29, 1.82) is 0 Å². The van der Waals surface area contributed by atoms with Crippen LogP contribution in [0.1, 0.15) is 49.7 Å². The molecule has 1 aliphatic carbocycles. The number of benzene rings is 1. The van der Waals surface area contributed by atoms with Crippen LogP contribution >= 0.6 is 11.6 Å². The van der Waals surface area contributed by atoms with E-state index >= 15 is 0 Å². The van der Waals surface area contributed by atoms with Crippen molar-refractivity contribution in [3.05, 3.63) is 70.4 Å². The van der Waals surface area contributed by atoms with Crippen LogP contribution < -0.4 is 14.8 Å². The first-order chi connectivity index (χ1) is 18.0. The Labute approximate surface area is 220 Å². The third kappa shape index (κ3) is 6.60. The molecule has 4 rings (SSSR count). The highest BCUT2D eigenvalue weighted by molar-refractivity contribution is 6.31. The Morgan fingerprint density at radius 1 is 1.24 bits per heavy atom. The predicted octanol–water partition coefficient (Wildman–Crippen LogP) is 5.55. The summed E-state index contributed by atoms with van der Waals surface area (Å²) in [7, 11) is 0. The molecule has 3 aromatic rings. The summed E-state index contributed by atoms with van der Waals surface area (Å²) >= 11 is 5.64. The van der Waals surface area contributed by atoms with Gasteiger partial charge in [-0.25, -0.2) is 9.37 Å². The zero-order valence-corrected chi connectivity index (χ0v) is 21.1. The van der Waals surface area contributed by atoms with Crippen LogP contribution in [0.2, 0.25) is 5.02 Å². The SMILES string of the molecule is CCc1ccc(OCC(=O)NC2(C)CC=C(c3nc(COc4cnc(C(F)(F)F)c(Cl)c4)no3)C2)cc1F. The molecule has 0 aliphatic heterocycles. The second kappa shape index (κ2) is 11.0. The molecule has 0 saturated carbocycles. The van der Waals surface area contributed by atoms with E-state index in [0.29, 0.717) is 30.4 Å². The Kier molecular flexibility index (Phi) is 7.91. The van der Waals surface area contributed by atoms with Gasteiger partial charge in [-0.05, 0) is 31.4 Å². The maximum absolute atomic E-state index is 13.9. The Hall–Kier alpha value is -3.67. The molecule has 38 heavy (non-hydrogen) atoms. The lowest BCUT2D eigenvalue weighted by Crippen LogP contribution is -2.46. The number of aryl methyl sites for hydroxylation is 1. The summed E-state index contributed by atoms with van der Waals surface area (Å²) in [4.78, 5) is 20.0. The summed E-state index contributed by atoms with van der Waals surface area (Å²) in [6.07, 6.45) is -0.451. The van der Waals surface area contributed by atoms with E-state index in [1.165, 1.54) is 6.07 Å². The first-order valence-corrected chi connectivity index (χ1v) is 11.9. The third-order valence-electron chi connectivity index (χ3n) is 5.79. The van der Waals surface area contributed by atoms with Gasteiger partial charge in [-0.1, -0.05) is 35.8 Å². The zero-order chi connectivity index (χ0) is 27.5. The van der Waals surface area contributed by atoms with Crippen molar-refractivity contribution in [3.8, 4) is 11.5 Å². The molecule has 1 atom stereocenters. The highest BCUT2D eigenvalue weighted by atomic mass is 35.5. The lowest BCUT2D eigenvalue weighted by atomic mass is 9.97. The van der Waals surface area contributed by atoms with Crippen LogP contribution in [0.5, 0.6) is 11.5 Å². The van der Waals surface area contributed by atoms with E-state index in [0.717, 1.165) is 12.3 Å². The maximum Gasteiger partial charge on any atom is 0.434 e. The fourth-order valence-electron chi connectivity index (χ4n) is 3.90. The third-order valence-corrected chi connectivity index (χ3v) is 6.08. The number of ether oxygens (including phenoxy) is 2. The average Bonchev–Trinajstić information content (AvgIpc) is 3.47. The van der Waals surface area contributed by atoms with Gasteiger partial charge in [0, 0.05) is 29.7 Å². The minimum absolute atomic E-state index is 0.0102. The summed E-state index contributed by atoms with van der Waals surface area (Å²) in [5.41, 5.74) is -0.553. The van der Waals surface area contributed by atoms with Crippen LogP contribution in [-0.4, -0.2) is 33.2 Å². The summed E-state index contributed by atoms with van der Waals surface area (Å²) in [6.45, 7) is 3.23. The molecular formula is C25H23ClF4N4O4. The first-order valence-electron chi connectivity index (χ1n) is 11.6. The van der Waals surface area contributed by atoms with Crippen LogP contribution in [0, 0.1) is 5.82 Å². The molecule has 202 valence electrons. The number of rotatable bonds is 9. The molecule has 1 unspecified atom stereocenters. The summed E-state index contributed by atoms with van der Waals surface area (Å²) in [5.74, 6) is -0.0925. The van der Waals surface area contributed by atoms with Gasteiger partial charge in [0.1, 0.15) is 17.3 Å². The quantitative estimate of drug-likeness (QED) is 0.346. The molecule has 0 spiro atoms. The van der Waals surface area contributed by atoms with Crippen molar-refractivity contribution in [3.63, 3.8) is 0 Å². The van der Waals surface area contributed by atoms with Gasteiger partial charge in [0.15, 0.2) is 18.9 Å². The predicted molar refractivity (Wildman–Crippen MR) is 128 cm³/mol. The lowest BCUT2D eigenvalue weighted by Gasteiger charge is -2.25. The van der Waals surface area contributed by atoms with Crippen LogP contribution in [0.25, 0.3) is 5.57 Å². The topological polar surface area (TPSA) is 99.4 Å². The van der Waals surface area contributed by atoms with E-state index in [2.05, 4.69) is 20.4 Å². The molecule has 1 aromatic carbocycles. The summed E-state index contributed by atoms with van der Waals surface area (Å²) in [6, 6.07) is 5.50. The largest absolute Gasteiger partial charge is 0.484 e. The standard InChI is InChI=1S/C25H23ClF4N4O4/c1-3-14-4-5-16(9-19(14)27)37-13-21(35)33-24(2)7-6-15(10-24)23-32-20(34-38-23)12-36-17-8-18(26)22(31-11-17)25(28,29)30/h4-6,8-9,11H,3,7,10,12-13H2,1-2H3,(H,33,35). The molecule has 8 nitrogen and oxygen atoms in total. The number of hydrogen-bond donors (Lipinski definition) is 1. The molecule has 0 bridgehead atoms. The van der Waals surface area contributed by atoms with Gasteiger partial charge >= 0.3 is 6.18 Å². The number of carbonyl (C=O) groups is 1. The second-order valence-corrected chi connectivity index (χ2v) is 9.33. The molecular weight excluding hydrogens is 532 g/mol. The van der Waals surface area contributed by atoms with Crippen LogP contribution in [0.15, 0.2) is 41.1 Å². The molecule has 0 saturated heterocycles. The van der Waals surface area contributed by atoms with Gasteiger partial charge in [0.05, 0.1) is 11.2 Å². The van der Waals surface area contributed by atoms with Crippen molar-refractivity contribution >= 4 is 23.1 Å². The highest BCUT2D eigenvalue weighted by Crippen LogP contribution is 2.36. The van der Waals surface area contributed by atoms with Crippen molar-refractivity contribution in [2.24, 2.45) is 0 Å². The van der Waals surface area contributed by atoms with Gasteiger partial charge in [-0.3, -0.25) is 4.79 Å². The Morgan fingerprint density at radius 2 is 2.03 bits per heavy atom. The van der Waals surface area contributed by atoms with Gasteiger partial charge in [0.2, 0.25) is 5.82 Å². The number of alkyl halides is 3. The molecule has 13 heteroatoms. The van der Waals surface area contributed by atoms with Crippen molar-refractivity contribution < 1.29 is 36.4 Å². The fourth-order valence-corrected chi connectivity index (χ4v) is 4.16. The minimum Gasteiger partial charge on any atom is -0.484 e. The molecule has 0 fully saturated rings. The smallest absolute Gasteiger partial charge is 0.434 e. The number of nitrogens with zero attached hydrogens (tertiary/aromatic N) is 3. The number of aromatic nitrogens is 3. The lowest BCUT2D eigenvalue weighted by molar-refractivity contribution is -0.141. The van der Waals surface area contributed by atoms with Crippen LogP contribution in [0.4, 0.5) is 17.6 Å². The van der Waals surface area contributed by atoms with E-state index in [-0.39, 0.29) is 48.2 Å². The summed E-state index contributed by atoms with van der Waals surface area (Å²) < 4.78 is 68.4. The zero-order valence-electron chi connectivity index (χ0n) is 20.4. The van der Waals surface area contributed by atoms with Gasteiger partial charge in [-0.15, -0.1) is 0 Å². The van der Waals surface area contributed by atoms with Gasteiger partial charge < -0.3 is 19.3 Å². The molecule has 1 N–H and O–H groups in total. The van der Waals surface area contributed by atoms with Gasteiger partial charge in [-0.2, -0.15) is 18.2 Å². The molecule has 2 aromatic heterocycles. The maximum atomic E-state index is 13.9. The Morgan fingerprint density at radius 3 is 2.71 bits per heavy atom. The fraction of sp³-hybridized carbons (Fsp3) is 0.360. The normalized spacial score (nSPS) is 17.3. The average molecular weight is 555 g/mol. The van der Waals surface area contributed by atoms with Gasteiger partial charge in [0.25, 0.3) is 11.8 Å². The Bertz CT molecular complexity index is 1360. The number of carbonyl (C=O) groups excluding carboxylic acids is 1. The van der Waals surface area contributed by atoms with Crippen molar-refractivity contribution in [1.82, 2.24) is 20.4 Å². The van der Waals surface area contributed by atoms with Crippen molar-refractivity contribution in [2.75, 3.05) is 6.61 Å². The molecule has 0 radical (unpaired) electrons. The number of halogens is 5. The highest BCUT2D eigenvalue weighted by Gasteiger charge is 2.36. The second-order valence-electron chi connectivity index (χ2n) is 8.92. The van der Waals surface area contributed by atoms with Crippen LogP contribution in [0.3, 0.4) is 0 Å². The minimum atomic E-state index is -4.67. The molecule has 2 heterocycles. The van der Waals surface area contributed by atoms with Crippen molar-refractivity contribution in [2.45, 2.75) is 51.4 Å². The number of hydrogen-bond acceptors (Lipinski definition) is 7.